The van der Waals surface area contributed by atoms with Crippen LogP contribution in [0.5, 0.6) is 11.5 Å². The molecule has 0 aliphatic carbocycles. The van der Waals surface area contributed by atoms with Crippen molar-refractivity contribution >= 4 is 59.0 Å². The first-order valence-corrected chi connectivity index (χ1v) is 24.9. The number of aromatic nitrogens is 2. The molecule has 3 aromatic heterocycles. The van der Waals surface area contributed by atoms with Crippen molar-refractivity contribution in [3.63, 3.8) is 0 Å². The van der Waals surface area contributed by atoms with Gasteiger partial charge in [-0.15, -0.1) is 11.3 Å². The molecule has 10 heteroatoms. The molecule has 10 aromatic rings. The molecule has 0 radical (unpaired) electrons. The summed E-state index contributed by atoms with van der Waals surface area (Å²) < 4.78 is 38.7. The Morgan fingerprint density at radius 2 is 0.914 bits per heavy atom. The maximum Gasteiger partial charge on any atom is 0.119 e. The second-order valence-electron chi connectivity index (χ2n) is 17.2. The molecule has 0 saturated carbocycles. The SMILES string of the molecule is c1ccc(-c2cccc(-c3cccc4c3sc3cc(N5CCOCCOCCOc6ccc(cc6)-c6ccc7ccc8ccc(nc8c7n6)-c6ccc(cc6)OCCOCCOCC5)ccc34)c2)cc1. The van der Waals surface area contributed by atoms with Gasteiger partial charge in [0.05, 0.1) is 75.3 Å². The minimum atomic E-state index is 0.434. The van der Waals surface area contributed by atoms with Crippen molar-refractivity contribution in [3.05, 3.63) is 176 Å². The van der Waals surface area contributed by atoms with Gasteiger partial charge in [-0.1, -0.05) is 97.1 Å². The number of thiophene rings is 1. The molecule has 6 heterocycles. The lowest BCUT2D eigenvalue weighted by Gasteiger charge is -2.25. The van der Waals surface area contributed by atoms with Crippen LogP contribution in [0, 0.1) is 0 Å². The molecule has 13 rings (SSSR count). The van der Waals surface area contributed by atoms with Gasteiger partial charge in [0.15, 0.2) is 0 Å². The number of hydrogen-bond acceptors (Lipinski definition) is 10. The van der Waals surface area contributed by atoms with Crippen molar-refractivity contribution in [2.24, 2.45) is 0 Å². The van der Waals surface area contributed by atoms with E-state index in [1.807, 2.05) is 59.9 Å². The van der Waals surface area contributed by atoms with Gasteiger partial charge < -0.3 is 33.3 Å². The molecule has 7 aromatic carbocycles. The van der Waals surface area contributed by atoms with Crippen LogP contribution in [0.25, 0.3) is 86.7 Å². The highest BCUT2D eigenvalue weighted by Crippen LogP contribution is 2.42. The molecule has 350 valence electrons. The Kier molecular flexibility index (Phi) is 14.0. The van der Waals surface area contributed by atoms with Gasteiger partial charge in [0.2, 0.25) is 0 Å². The molecule has 0 spiro atoms. The lowest BCUT2D eigenvalue weighted by Crippen LogP contribution is -2.31. The number of hydrogen-bond donors (Lipinski definition) is 0. The number of anilines is 1. The summed E-state index contributed by atoms with van der Waals surface area (Å²) >= 11 is 1.85. The fraction of sp³-hybridized carbons (Fsp3) is 0.200. The van der Waals surface area contributed by atoms with Crippen LogP contribution >= 0.6 is 11.3 Å². The smallest absolute Gasteiger partial charge is 0.119 e. The van der Waals surface area contributed by atoms with Gasteiger partial charge in [-0.3, -0.25) is 0 Å². The van der Waals surface area contributed by atoms with Gasteiger partial charge in [-0.05, 0) is 101 Å². The van der Waals surface area contributed by atoms with Gasteiger partial charge in [-0.25, -0.2) is 9.97 Å². The highest BCUT2D eigenvalue weighted by molar-refractivity contribution is 7.26. The van der Waals surface area contributed by atoms with Gasteiger partial charge in [0, 0.05) is 60.8 Å². The molecule has 0 amide bonds. The molecule has 9 nitrogen and oxygen atoms in total. The molecule has 3 aliphatic heterocycles. The van der Waals surface area contributed by atoms with Crippen molar-refractivity contribution in [2.75, 3.05) is 84.1 Å². The van der Waals surface area contributed by atoms with E-state index in [0.29, 0.717) is 79.2 Å². The van der Waals surface area contributed by atoms with E-state index in [9.17, 15) is 0 Å². The van der Waals surface area contributed by atoms with Gasteiger partial charge in [0.1, 0.15) is 24.7 Å². The minimum Gasteiger partial charge on any atom is -0.491 e. The second kappa shape index (κ2) is 21.6. The molecular weight excluding hydrogens is 891 g/mol. The van der Waals surface area contributed by atoms with Gasteiger partial charge >= 0.3 is 0 Å². The quantitative estimate of drug-likeness (QED) is 0.161. The minimum absolute atomic E-state index is 0.434. The molecule has 70 heavy (non-hydrogen) atoms. The average Bonchev–Trinajstić information content (AvgIpc) is 3.80. The van der Waals surface area contributed by atoms with Crippen molar-refractivity contribution in [1.82, 2.24) is 9.97 Å². The van der Waals surface area contributed by atoms with E-state index in [1.54, 1.807) is 0 Å². The number of pyridine rings is 2. The molecule has 8 bridgehead atoms. The number of ether oxygens (including phenoxy) is 6. The van der Waals surface area contributed by atoms with E-state index in [4.69, 9.17) is 38.4 Å². The summed E-state index contributed by atoms with van der Waals surface area (Å²) in [6.07, 6.45) is 0. The Balaban J connectivity index is 0.771. The number of fused-ring (bicyclic) bond motifs is 5. The lowest BCUT2D eigenvalue weighted by atomic mass is 9.98. The number of benzene rings is 7. The molecular formula is C60H53N3O6S. The first kappa shape index (κ1) is 45.3. The maximum absolute atomic E-state index is 6.13. The molecule has 0 atom stereocenters. The van der Waals surface area contributed by atoms with Gasteiger partial charge in [0.25, 0.3) is 0 Å². The predicted molar refractivity (Wildman–Crippen MR) is 285 cm³/mol. The maximum atomic E-state index is 6.13. The van der Waals surface area contributed by atoms with Crippen molar-refractivity contribution < 1.29 is 28.4 Å². The first-order valence-electron chi connectivity index (χ1n) is 24.0. The van der Waals surface area contributed by atoms with Crippen LogP contribution in [0.3, 0.4) is 0 Å². The van der Waals surface area contributed by atoms with Crippen molar-refractivity contribution in [3.8, 4) is 56.3 Å². The van der Waals surface area contributed by atoms with Crippen molar-refractivity contribution in [2.45, 2.75) is 0 Å². The Morgan fingerprint density at radius 3 is 1.53 bits per heavy atom. The second-order valence-corrected chi connectivity index (χ2v) is 18.2. The van der Waals surface area contributed by atoms with E-state index in [1.165, 1.54) is 42.4 Å². The van der Waals surface area contributed by atoms with E-state index < -0.39 is 0 Å². The van der Waals surface area contributed by atoms with E-state index in [0.717, 1.165) is 61.5 Å². The highest BCUT2D eigenvalue weighted by atomic mass is 32.1. The Bertz CT molecular complexity index is 3240. The Hall–Kier alpha value is -7.18. The van der Waals surface area contributed by atoms with Crippen LogP contribution in [-0.2, 0) is 18.9 Å². The van der Waals surface area contributed by atoms with Crippen LogP contribution in [0.15, 0.2) is 176 Å². The van der Waals surface area contributed by atoms with Crippen LogP contribution < -0.4 is 14.4 Å². The monoisotopic (exact) mass is 943 g/mol. The van der Waals surface area contributed by atoms with Crippen LogP contribution in [-0.4, -0.2) is 89.1 Å². The van der Waals surface area contributed by atoms with Crippen LogP contribution in [0.1, 0.15) is 0 Å². The van der Waals surface area contributed by atoms with E-state index in [-0.39, 0.29) is 0 Å². The summed E-state index contributed by atoms with van der Waals surface area (Å²) in [6, 6.07) is 61.5. The fourth-order valence-corrected chi connectivity index (χ4v) is 10.3. The number of rotatable bonds is 3. The number of nitrogens with zero attached hydrogens (tertiary/aromatic N) is 3. The zero-order chi connectivity index (χ0) is 46.9. The average molecular weight is 944 g/mol. The van der Waals surface area contributed by atoms with E-state index >= 15 is 0 Å². The predicted octanol–water partition coefficient (Wildman–Crippen LogP) is 13.2. The van der Waals surface area contributed by atoms with Crippen LogP contribution in [0.2, 0.25) is 0 Å². The summed E-state index contributed by atoms with van der Waals surface area (Å²) in [6.45, 7) is 6.20. The summed E-state index contributed by atoms with van der Waals surface area (Å²) in [7, 11) is 0. The normalized spacial score (nSPS) is 15.0. The molecule has 0 unspecified atom stereocenters. The summed E-state index contributed by atoms with van der Waals surface area (Å²) in [5.41, 5.74) is 11.5. The zero-order valence-electron chi connectivity index (χ0n) is 38.9. The molecule has 0 N–H and O–H groups in total. The molecule has 3 aliphatic rings. The third-order valence-electron chi connectivity index (χ3n) is 12.7. The third kappa shape index (κ3) is 10.4. The van der Waals surface area contributed by atoms with Gasteiger partial charge in [-0.2, -0.15) is 0 Å². The molecule has 0 fully saturated rings. The van der Waals surface area contributed by atoms with E-state index in [2.05, 4.69) is 132 Å². The Labute approximate surface area is 411 Å². The fourth-order valence-electron chi connectivity index (χ4n) is 9.04. The topological polar surface area (TPSA) is 84.4 Å². The standard InChI is InChI=1S/C60H53N3O6S/c1-2-6-42(7-3-1)47-8-4-9-48(40-47)52-10-5-11-54-53-25-20-49(41-57(53)70-60(52)54)63-28-30-64-32-34-66-36-38-68-50-21-14-43(15-22-50)55-26-18-45-12-13-46-19-27-56(62-59(46)58(45)61-55)44-16-23-51(24-17-44)69-39-37-67-35-33-65-31-29-63/h1-27,40-41H,28-39H2. The van der Waals surface area contributed by atoms with Crippen molar-refractivity contribution in [1.29, 1.82) is 0 Å². The highest BCUT2D eigenvalue weighted by Gasteiger charge is 2.15. The third-order valence-corrected chi connectivity index (χ3v) is 13.9. The van der Waals surface area contributed by atoms with Crippen LogP contribution in [0.4, 0.5) is 5.69 Å². The lowest BCUT2D eigenvalue weighted by molar-refractivity contribution is 0.0347. The first-order chi connectivity index (χ1) is 34.7. The summed E-state index contributed by atoms with van der Waals surface area (Å²) in [5, 5.41) is 4.60. The summed E-state index contributed by atoms with van der Waals surface area (Å²) in [5.74, 6) is 1.55. The summed E-state index contributed by atoms with van der Waals surface area (Å²) in [4.78, 5) is 12.6. The zero-order valence-corrected chi connectivity index (χ0v) is 39.7. The molecule has 0 saturated heterocycles. The largest absolute Gasteiger partial charge is 0.491 e. The Morgan fingerprint density at radius 1 is 0.386 bits per heavy atom.